The molecule has 0 radical (unpaired) electrons. The maximum absolute atomic E-state index is 14.0. The number of allylic oxidation sites excluding steroid dienone is 1. The highest BCUT2D eigenvalue weighted by Crippen LogP contribution is 2.39. The molecular formula is C17H21F4NO2. The molecule has 0 saturated carbocycles. The van der Waals surface area contributed by atoms with Crippen molar-refractivity contribution in [2.24, 2.45) is 10.9 Å². The van der Waals surface area contributed by atoms with Gasteiger partial charge in [0, 0.05) is 7.05 Å². The summed E-state index contributed by atoms with van der Waals surface area (Å²) in [5.74, 6) is -2.04. The Balaban J connectivity index is 3.65. The molecule has 3 nitrogen and oxygen atoms in total. The molecule has 1 atom stereocenters. The van der Waals surface area contributed by atoms with Gasteiger partial charge in [-0.1, -0.05) is 13.8 Å². The van der Waals surface area contributed by atoms with Gasteiger partial charge in [0.05, 0.1) is 25.0 Å². The minimum Gasteiger partial charge on any atom is -0.494 e. The first-order chi connectivity index (χ1) is 11.2. The number of alkyl halides is 3. The Morgan fingerprint density at radius 1 is 1.38 bits per heavy atom. The van der Waals surface area contributed by atoms with Crippen molar-refractivity contribution in [2.75, 3.05) is 20.8 Å². The van der Waals surface area contributed by atoms with Crippen LogP contribution in [0.2, 0.25) is 0 Å². The molecule has 0 amide bonds. The molecule has 7 heteroatoms. The van der Waals surface area contributed by atoms with Gasteiger partial charge in [-0.2, -0.15) is 13.2 Å². The summed E-state index contributed by atoms with van der Waals surface area (Å²) in [6.07, 6.45) is -2.66. The Hall–Kier alpha value is -1.89. The van der Waals surface area contributed by atoms with Crippen LogP contribution in [0.15, 0.2) is 23.2 Å². The van der Waals surface area contributed by atoms with Crippen molar-refractivity contribution in [2.45, 2.75) is 26.4 Å². The minimum atomic E-state index is -4.84. The van der Waals surface area contributed by atoms with Gasteiger partial charge in [0.2, 0.25) is 0 Å². The van der Waals surface area contributed by atoms with E-state index in [0.717, 1.165) is 13.2 Å². The zero-order chi connectivity index (χ0) is 18.5. The SMILES string of the molecule is CCC(C)/C(=C\C(CO)=NC)c1cc(OC)c(F)c(C(F)(F)F)c1. The topological polar surface area (TPSA) is 41.8 Å². The van der Waals surface area contributed by atoms with Crippen molar-refractivity contribution in [3.05, 3.63) is 35.2 Å². The zero-order valence-corrected chi connectivity index (χ0v) is 14.0. The van der Waals surface area contributed by atoms with Gasteiger partial charge in [-0.3, -0.25) is 4.99 Å². The third kappa shape index (κ3) is 4.56. The molecule has 0 spiro atoms. The molecule has 0 bridgehead atoms. The number of rotatable bonds is 6. The fourth-order valence-corrected chi connectivity index (χ4v) is 2.21. The number of aliphatic hydroxyl groups is 1. The number of methoxy groups -OCH3 is 1. The van der Waals surface area contributed by atoms with E-state index in [9.17, 15) is 22.7 Å². The molecule has 0 aliphatic carbocycles. The van der Waals surface area contributed by atoms with Crippen LogP contribution in [0.5, 0.6) is 5.75 Å². The molecule has 0 aliphatic rings. The highest BCUT2D eigenvalue weighted by atomic mass is 19.4. The highest BCUT2D eigenvalue weighted by molar-refractivity contribution is 6.01. The van der Waals surface area contributed by atoms with Crippen LogP contribution < -0.4 is 4.74 Å². The van der Waals surface area contributed by atoms with Gasteiger partial charge in [-0.25, -0.2) is 4.39 Å². The average molecular weight is 347 g/mol. The molecule has 0 aromatic heterocycles. The van der Waals surface area contributed by atoms with Crippen LogP contribution in [0.1, 0.15) is 31.4 Å². The molecule has 24 heavy (non-hydrogen) atoms. The van der Waals surface area contributed by atoms with Crippen molar-refractivity contribution < 1.29 is 27.4 Å². The number of aliphatic hydroxyl groups excluding tert-OH is 1. The lowest BCUT2D eigenvalue weighted by Gasteiger charge is -2.19. The fourth-order valence-electron chi connectivity index (χ4n) is 2.21. The van der Waals surface area contributed by atoms with E-state index in [4.69, 9.17) is 4.74 Å². The van der Waals surface area contributed by atoms with E-state index in [0.29, 0.717) is 17.7 Å². The van der Waals surface area contributed by atoms with Gasteiger partial charge in [-0.05, 0) is 41.7 Å². The minimum absolute atomic E-state index is 0.121. The van der Waals surface area contributed by atoms with Gasteiger partial charge in [-0.15, -0.1) is 0 Å². The summed E-state index contributed by atoms with van der Waals surface area (Å²) < 4.78 is 58.0. The highest BCUT2D eigenvalue weighted by Gasteiger charge is 2.36. The number of aliphatic imine (C=N–C) groups is 1. The molecule has 0 saturated heterocycles. The molecule has 1 rings (SSSR count). The lowest BCUT2D eigenvalue weighted by atomic mass is 9.89. The van der Waals surface area contributed by atoms with Crippen molar-refractivity contribution in [3.63, 3.8) is 0 Å². The second-order valence-corrected chi connectivity index (χ2v) is 5.32. The second-order valence-electron chi connectivity index (χ2n) is 5.32. The maximum atomic E-state index is 14.0. The Labute approximate surface area is 138 Å². The molecule has 1 N–H and O–H groups in total. The summed E-state index contributed by atoms with van der Waals surface area (Å²) in [6, 6.07) is 1.99. The number of nitrogens with zero attached hydrogens (tertiary/aromatic N) is 1. The van der Waals surface area contributed by atoms with Crippen molar-refractivity contribution in [3.8, 4) is 5.75 Å². The first-order valence-electron chi connectivity index (χ1n) is 7.42. The van der Waals surface area contributed by atoms with E-state index in [1.807, 2.05) is 13.8 Å². The quantitative estimate of drug-likeness (QED) is 0.614. The molecule has 0 fully saturated rings. The number of benzene rings is 1. The summed E-state index contributed by atoms with van der Waals surface area (Å²) in [5, 5.41) is 9.26. The predicted molar refractivity (Wildman–Crippen MR) is 85.8 cm³/mol. The van der Waals surface area contributed by atoms with Crippen molar-refractivity contribution >= 4 is 11.3 Å². The zero-order valence-electron chi connectivity index (χ0n) is 14.0. The number of ether oxygens (including phenoxy) is 1. The van der Waals surface area contributed by atoms with Gasteiger partial charge >= 0.3 is 6.18 Å². The van der Waals surface area contributed by atoms with Gasteiger partial charge in [0.1, 0.15) is 0 Å². The van der Waals surface area contributed by atoms with Crippen LogP contribution in [0.25, 0.3) is 5.57 Å². The summed E-state index contributed by atoms with van der Waals surface area (Å²) in [7, 11) is 2.59. The summed E-state index contributed by atoms with van der Waals surface area (Å²) in [4.78, 5) is 3.88. The lowest BCUT2D eigenvalue weighted by molar-refractivity contribution is -0.140. The van der Waals surface area contributed by atoms with E-state index in [1.165, 1.54) is 19.2 Å². The van der Waals surface area contributed by atoms with E-state index in [2.05, 4.69) is 4.99 Å². The van der Waals surface area contributed by atoms with E-state index in [-0.39, 0.29) is 18.1 Å². The van der Waals surface area contributed by atoms with Crippen LogP contribution in [0.4, 0.5) is 17.6 Å². The van der Waals surface area contributed by atoms with Gasteiger partial charge in [0.15, 0.2) is 11.6 Å². The van der Waals surface area contributed by atoms with Crippen molar-refractivity contribution in [1.29, 1.82) is 0 Å². The van der Waals surface area contributed by atoms with Crippen LogP contribution in [0.3, 0.4) is 0 Å². The standard InChI is InChI=1S/C17H21F4NO2/c1-5-10(2)13(8-12(9-23)22-3)11-6-14(17(19,20)21)16(18)15(7-11)24-4/h6-8,10,23H,5,9H2,1-4H3/b13-8+,22-12?. The predicted octanol–water partition coefficient (Wildman–Crippen LogP) is 4.35. The monoisotopic (exact) mass is 347 g/mol. The Morgan fingerprint density at radius 2 is 2.00 bits per heavy atom. The smallest absolute Gasteiger partial charge is 0.419 e. The van der Waals surface area contributed by atoms with Crippen LogP contribution >= 0.6 is 0 Å². The number of hydrogen-bond acceptors (Lipinski definition) is 3. The molecule has 134 valence electrons. The first kappa shape index (κ1) is 20.2. The van der Waals surface area contributed by atoms with Gasteiger partial charge in [0.25, 0.3) is 0 Å². The summed E-state index contributed by atoms with van der Waals surface area (Å²) in [5.41, 5.74) is -0.354. The van der Waals surface area contributed by atoms with Crippen LogP contribution in [0, 0.1) is 11.7 Å². The Kier molecular flexibility index (Phi) is 6.95. The van der Waals surface area contributed by atoms with E-state index >= 15 is 0 Å². The summed E-state index contributed by atoms with van der Waals surface area (Å²) in [6.45, 7) is 3.37. The molecule has 0 aliphatic heterocycles. The molecular weight excluding hydrogens is 326 g/mol. The average Bonchev–Trinajstić information content (AvgIpc) is 2.54. The second kappa shape index (κ2) is 8.28. The molecule has 1 unspecified atom stereocenters. The molecule has 1 aromatic rings. The Morgan fingerprint density at radius 3 is 2.42 bits per heavy atom. The largest absolute Gasteiger partial charge is 0.494 e. The summed E-state index contributed by atoms with van der Waals surface area (Å²) >= 11 is 0. The number of halogens is 4. The third-order valence-electron chi connectivity index (χ3n) is 3.81. The van der Waals surface area contributed by atoms with Gasteiger partial charge < -0.3 is 9.84 Å². The fraction of sp³-hybridized carbons (Fsp3) is 0.471. The first-order valence-corrected chi connectivity index (χ1v) is 7.42. The molecule has 1 aromatic carbocycles. The number of hydrogen-bond donors (Lipinski definition) is 1. The molecule has 0 heterocycles. The third-order valence-corrected chi connectivity index (χ3v) is 3.81. The normalized spacial score (nSPS) is 14.7. The Bertz CT molecular complexity index is 636. The van der Waals surface area contributed by atoms with E-state index < -0.39 is 23.3 Å². The van der Waals surface area contributed by atoms with Crippen LogP contribution in [-0.4, -0.2) is 31.6 Å². The maximum Gasteiger partial charge on any atom is 0.419 e. The van der Waals surface area contributed by atoms with Crippen LogP contribution in [-0.2, 0) is 6.18 Å². The van der Waals surface area contributed by atoms with Crippen molar-refractivity contribution in [1.82, 2.24) is 0 Å². The van der Waals surface area contributed by atoms with E-state index in [1.54, 1.807) is 0 Å². The lowest BCUT2D eigenvalue weighted by Crippen LogP contribution is -2.12.